The van der Waals surface area contributed by atoms with Gasteiger partial charge >= 0.3 is 5.97 Å². The van der Waals surface area contributed by atoms with Crippen LogP contribution in [0.15, 0.2) is 39.5 Å². The maximum Gasteiger partial charge on any atom is 0.325 e. The summed E-state index contributed by atoms with van der Waals surface area (Å²) in [4.78, 5) is 29.1. The van der Waals surface area contributed by atoms with E-state index in [2.05, 4.69) is 9.73 Å². The monoisotopic (exact) mass is 517 g/mol. The first kappa shape index (κ1) is 23.1. The molecule has 0 saturated carbocycles. The number of thiazole rings is 1. The fourth-order valence-corrected chi connectivity index (χ4v) is 7.82. The predicted octanol–water partition coefficient (Wildman–Crippen LogP) is 3.01. The van der Waals surface area contributed by atoms with Gasteiger partial charge in [-0.25, -0.2) is 12.8 Å². The lowest BCUT2D eigenvalue weighted by Crippen LogP contribution is -2.40. The van der Waals surface area contributed by atoms with Crippen LogP contribution in [0.2, 0.25) is 4.34 Å². The van der Waals surface area contributed by atoms with Crippen molar-refractivity contribution in [3.05, 3.63) is 45.3 Å². The van der Waals surface area contributed by atoms with E-state index in [9.17, 15) is 22.4 Å². The van der Waals surface area contributed by atoms with Crippen LogP contribution in [0, 0.1) is 5.82 Å². The number of hydrogen-bond acceptors (Lipinski definition) is 7. The molecule has 0 radical (unpaired) electrons. The summed E-state index contributed by atoms with van der Waals surface area (Å²) >= 11 is 7.83. The number of thiophene rings is 1. The summed E-state index contributed by atoms with van der Waals surface area (Å²) in [5, 5.41) is 0. The highest BCUT2D eigenvalue weighted by Gasteiger charge is 2.40. The molecule has 3 heterocycles. The number of sulfonamides is 1. The second kappa shape index (κ2) is 9.02. The normalized spacial score (nSPS) is 17.8. The molecule has 3 aromatic rings. The van der Waals surface area contributed by atoms with Crippen molar-refractivity contribution in [1.29, 1.82) is 0 Å². The summed E-state index contributed by atoms with van der Waals surface area (Å²) in [6.45, 7) is -0.170. The lowest BCUT2D eigenvalue weighted by atomic mass is 10.2. The number of ether oxygens (including phenoxy) is 1. The Morgan fingerprint density at radius 3 is 2.75 bits per heavy atom. The zero-order chi connectivity index (χ0) is 23.0. The first-order valence-corrected chi connectivity index (χ1v) is 12.9. The molecule has 1 fully saturated rings. The van der Waals surface area contributed by atoms with Crippen LogP contribution >= 0.6 is 34.3 Å². The SMILES string of the molecule is COC(=O)Cn1c(=NC(=O)C2CCCN2S(=O)(=O)c2ccc(Cl)s2)sc2cccc(F)c21. The number of benzene rings is 1. The number of aromatic nitrogens is 1. The number of esters is 1. The third-order valence-electron chi connectivity index (χ3n) is 4.97. The molecular weight excluding hydrogens is 501 g/mol. The second-order valence-electron chi connectivity index (χ2n) is 6.92. The molecule has 1 atom stereocenters. The molecule has 0 spiro atoms. The van der Waals surface area contributed by atoms with Crippen LogP contribution in [-0.4, -0.2) is 48.9 Å². The van der Waals surface area contributed by atoms with E-state index < -0.39 is 33.8 Å². The van der Waals surface area contributed by atoms with Crippen LogP contribution in [0.1, 0.15) is 12.8 Å². The lowest BCUT2D eigenvalue weighted by molar-refractivity contribution is -0.141. The van der Waals surface area contributed by atoms with Gasteiger partial charge in [-0.3, -0.25) is 9.59 Å². The van der Waals surface area contributed by atoms with E-state index in [1.807, 2.05) is 0 Å². The van der Waals surface area contributed by atoms with Crippen molar-refractivity contribution < 1.29 is 27.1 Å². The van der Waals surface area contributed by atoms with E-state index in [-0.39, 0.29) is 27.6 Å². The highest BCUT2D eigenvalue weighted by molar-refractivity contribution is 7.91. The van der Waals surface area contributed by atoms with Crippen LogP contribution in [0.3, 0.4) is 0 Å². The fraction of sp³-hybridized carbons (Fsp3) is 0.316. The molecule has 1 aliphatic heterocycles. The van der Waals surface area contributed by atoms with Gasteiger partial charge in [-0.1, -0.05) is 29.0 Å². The van der Waals surface area contributed by atoms with Crippen molar-refractivity contribution in [3.63, 3.8) is 0 Å². The van der Waals surface area contributed by atoms with Gasteiger partial charge in [0.15, 0.2) is 4.80 Å². The Bertz CT molecular complexity index is 1380. The zero-order valence-electron chi connectivity index (χ0n) is 16.7. The first-order chi connectivity index (χ1) is 15.2. The minimum atomic E-state index is -3.92. The zero-order valence-corrected chi connectivity index (χ0v) is 19.9. The van der Waals surface area contributed by atoms with Gasteiger partial charge in [0, 0.05) is 6.54 Å². The van der Waals surface area contributed by atoms with Gasteiger partial charge in [0.2, 0.25) is 0 Å². The third-order valence-corrected chi connectivity index (χ3v) is 9.62. The molecule has 0 aliphatic carbocycles. The lowest BCUT2D eigenvalue weighted by Gasteiger charge is -2.20. The number of para-hydroxylation sites is 1. The number of amides is 1. The molecule has 0 bridgehead atoms. The number of halogens is 2. The van der Waals surface area contributed by atoms with Gasteiger partial charge in [-0.2, -0.15) is 9.30 Å². The van der Waals surface area contributed by atoms with E-state index in [1.165, 1.54) is 35.9 Å². The maximum absolute atomic E-state index is 14.5. The average Bonchev–Trinajstić information content (AvgIpc) is 3.48. The van der Waals surface area contributed by atoms with Gasteiger partial charge in [0.25, 0.3) is 15.9 Å². The van der Waals surface area contributed by atoms with E-state index in [0.29, 0.717) is 21.9 Å². The molecule has 1 aromatic carbocycles. The summed E-state index contributed by atoms with van der Waals surface area (Å²) in [6, 6.07) is 6.29. The Kier molecular flexibility index (Phi) is 6.50. The number of carbonyl (C=O) groups excluding carboxylic acids is 2. The van der Waals surface area contributed by atoms with Gasteiger partial charge < -0.3 is 9.30 Å². The Morgan fingerprint density at radius 1 is 1.28 bits per heavy atom. The molecular formula is C19H17ClFN3O5S3. The first-order valence-electron chi connectivity index (χ1n) is 9.43. The van der Waals surface area contributed by atoms with Crippen molar-refractivity contribution in [2.75, 3.05) is 13.7 Å². The number of fused-ring (bicyclic) bond motifs is 1. The van der Waals surface area contributed by atoms with Crippen LogP contribution in [0.5, 0.6) is 0 Å². The largest absolute Gasteiger partial charge is 0.468 e. The summed E-state index contributed by atoms with van der Waals surface area (Å²) in [5.74, 6) is -1.89. The van der Waals surface area contributed by atoms with Crippen molar-refractivity contribution >= 4 is 66.4 Å². The molecule has 1 amide bonds. The molecule has 170 valence electrons. The van der Waals surface area contributed by atoms with E-state index >= 15 is 0 Å². The Labute approximate surface area is 195 Å². The number of hydrogen-bond donors (Lipinski definition) is 0. The van der Waals surface area contributed by atoms with Crippen LogP contribution in [0.4, 0.5) is 4.39 Å². The third kappa shape index (κ3) is 4.25. The van der Waals surface area contributed by atoms with Gasteiger partial charge in [-0.05, 0) is 37.1 Å². The predicted molar refractivity (Wildman–Crippen MR) is 119 cm³/mol. The smallest absolute Gasteiger partial charge is 0.325 e. The Morgan fingerprint density at radius 2 is 2.06 bits per heavy atom. The van der Waals surface area contributed by atoms with Crippen molar-refractivity contribution in [2.24, 2.45) is 4.99 Å². The number of methoxy groups -OCH3 is 1. The standard InChI is InChI=1S/C19H17ClFN3O5S3/c1-29-15(25)10-23-17-11(21)4-2-6-13(17)30-19(23)22-18(26)12-5-3-9-24(12)32(27,28)16-8-7-14(20)31-16/h2,4,6-8,12H,3,5,9-10H2,1H3. The highest BCUT2D eigenvalue weighted by Crippen LogP contribution is 2.32. The maximum atomic E-state index is 14.5. The Balaban J connectivity index is 1.75. The topological polar surface area (TPSA) is 98.0 Å². The summed E-state index contributed by atoms with van der Waals surface area (Å²) in [5.41, 5.74) is 0.124. The molecule has 8 nitrogen and oxygen atoms in total. The van der Waals surface area contributed by atoms with Crippen LogP contribution in [-0.2, 0) is 30.9 Å². The van der Waals surface area contributed by atoms with Crippen LogP contribution in [0.25, 0.3) is 10.2 Å². The minimum Gasteiger partial charge on any atom is -0.468 e. The molecule has 32 heavy (non-hydrogen) atoms. The number of nitrogens with zero attached hydrogens (tertiary/aromatic N) is 3. The molecule has 4 rings (SSSR count). The average molecular weight is 518 g/mol. The summed E-state index contributed by atoms with van der Waals surface area (Å²) < 4.78 is 48.5. The van der Waals surface area contributed by atoms with E-state index in [4.69, 9.17) is 11.6 Å². The molecule has 13 heteroatoms. The molecule has 1 aliphatic rings. The second-order valence-corrected chi connectivity index (χ2v) is 11.8. The van der Waals surface area contributed by atoms with Crippen LogP contribution < -0.4 is 4.80 Å². The molecule has 1 saturated heterocycles. The van der Waals surface area contributed by atoms with Crippen molar-refractivity contribution in [3.8, 4) is 0 Å². The van der Waals surface area contributed by atoms with E-state index in [1.54, 1.807) is 6.07 Å². The summed E-state index contributed by atoms with van der Waals surface area (Å²) in [7, 11) is -2.72. The summed E-state index contributed by atoms with van der Waals surface area (Å²) in [6.07, 6.45) is 0.796. The van der Waals surface area contributed by atoms with Gasteiger partial charge in [0.1, 0.15) is 22.6 Å². The van der Waals surface area contributed by atoms with Gasteiger partial charge in [-0.15, -0.1) is 11.3 Å². The van der Waals surface area contributed by atoms with Crippen molar-refractivity contribution in [1.82, 2.24) is 8.87 Å². The molecule has 0 N–H and O–H groups in total. The van der Waals surface area contributed by atoms with Crippen molar-refractivity contribution in [2.45, 2.75) is 29.6 Å². The number of rotatable bonds is 5. The molecule has 1 unspecified atom stereocenters. The number of carbonyl (C=O) groups is 2. The highest BCUT2D eigenvalue weighted by atomic mass is 35.5. The van der Waals surface area contributed by atoms with Gasteiger partial charge in [0.05, 0.1) is 21.7 Å². The fourth-order valence-electron chi connectivity index (χ4n) is 3.51. The quantitative estimate of drug-likeness (QED) is 0.484. The minimum absolute atomic E-state index is 0.0480. The Hall–Kier alpha value is -2.12. The molecule has 2 aromatic heterocycles. The van der Waals surface area contributed by atoms with E-state index in [0.717, 1.165) is 27.0 Å².